The largest absolute Gasteiger partial charge is 0.467 e. The Morgan fingerprint density at radius 3 is 2.88 bits per heavy atom. The lowest BCUT2D eigenvalue weighted by molar-refractivity contribution is 0.00825. The maximum atomic E-state index is 13.0. The number of aliphatic hydroxyl groups excluding tert-OH is 1. The minimum atomic E-state index is -0.760. The summed E-state index contributed by atoms with van der Waals surface area (Å²) in [5, 5.41) is 9.50. The zero-order valence-electron chi connectivity index (χ0n) is 9.86. The molecule has 4 heteroatoms. The van der Waals surface area contributed by atoms with Crippen molar-refractivity contribution in [2.45, 2.75) is 25.9 Å². The van der Waals surface area contributed by atoms with E-state index in [0.29, 0.717) is 23.8 Å². The number of halogens is 1. The van der Waals surface area contributed by atoms with Crippen molar-refractivity contribution in [1.29, 1.82) is 0 Å². The Morgan fingerprint density at radius 1 is 1.47 bits per heavy atom. The van der Waals surface area contributed by atoms with Gasteiger partial charge in [0.25, 0.3) is 0 Å². The number of hydrogen-bond donors (Lipinski definition) is 1. The predicted octanol–water partition coefficient (Wildman–Crippen LogP) is 2.64. The molecule has 1 N–H and O–H groups in total. The van der Waals surface area contributed by atoms with Crippen LogP contribution in [0.4, 0.5) is 4.39 Å². The van der Waals surface area contributed by atoms with Gasteiger partial charge in [0.15, 0.2) is 6.79 Å². The molecule has 1 aromatic rings. The van der Waals surface area contributed by atoms with Crippen molar-refractivity contribution >= 4 is 0 Å². The number of rotatable bonds is 6. The standard InChI is InChI=1S/C13H17FO3/c1-9(15)12-6-11(14)4-5-13(12)17-8-16-7-10-2-3-10/h4-6,9-10,15H,2-3,7-8H2,1H3. The first-order chi connectivity index (χ1) is 8.16. The summed E-state index contributed by atoms with van der Waals surface area (Å²) in [7, 11) is 0. The van der Waals surface area contributed by atoms with Gasteiger partial charge in [0.05, 0.1) is 12.7 Å². The summed E-state index contributed by atoms with van der Waals surface area (Å²) in [6, 6.07) is 4.10. The summed E-state index contributed by atoms with van der Waals surface area (Å²) in [6.45, 7) is 2.43. The fourth-order valence-electron chi connectivity index (χ4n) is 1.58. The molecular formula is C13H17FO3. The summed E-state index contributed by atoms with van der Waals surface area (Å²) >= 11 is 0. The van der Waals surface area contributed by atoms with Crippen LogP contribution >= 0.6 is 0 Å². The first-order valence-corrected chi connectivity index (χ1v) is 5.85. The molecule has 1 aliphatic carbocycles. The van der Waals surface area contributed by atoms with E-state index >= 15 is 0 Å². The molecule has 0 saturated heterocycles. The lowest BCUT2D eigenvalue weighted by atomic mass is 10.1. The summed E-state index contributed by atoms with van der Waals surface area (Å²) in [5.74, 6) is 0.771. The van der Waals surface area contributed by atoms with Crippen molar-refractivity contribution in [3.63, 3.8) is 0 Å². The van der Waals surface area contributed by atoms with Gasteiger partial charge in [-0.3, -0.25) is 0 Å². The minimum absolute atomic E-state index is 0.141. The van der Waals surface area contributed by atoms with Gasteiger partial charge in [0.1, 0.15) is 11.6 Å². The minimum Gasteiger partial charge on any atom is -0.467 e. The Hall–Kier alpha value is -1.13. The SMILES string of the molecule is CC(O)c1cc(F)ccc1OCOCC1CC1. The second-order valence-corrected chi connectivity index (χ2v) is 4.43. The van der Waals surface area contributed by atoms with Gasteiger partial charge in [-0.1, -0.05) is 0 Å². The lowest BCUT2D eigenvalue weighted by Gasteiger charge is -2.13. The van der Waals surface area contributed by atoms with Gasteiger partial charge in [-0.15, -0.1) is 0 Å². The number of benzene rings is 1. The van der Waals surface area contributed by atoms with Gasteiger partial charge in [-0.25, -0.2) is 4.39 Å². The van der Waals surface area contributed by atoms with E-state index in [1.807, 2.05) is 0 Å². The third-order valence-electron chi connectivity index (χ3n) is 2.77. The summed E-state index contributed by atoms with van der Waals surface area (Å²) in [6.07, 6.45) is 1.70. The fourth-order valence-corrected chi connectivity index (χ4v) is 1.58. The van der Waals surface area contributed by atoms with Crippen molar-refractivity contribution in [2.75, 3.05) is 13.4 Å². The van der Waals surface area contributed by atoms with Crippen LogP contribution in [0, 0.1) is 11.7 Å². The molecular weight excluding hydrogens is 223 g/mol. The third-order valence-corrected chi connectivity index (χ3v) is 2.77. The highest BCUT2D eigenvalue weighted by Gasteiger charge is 2.21. The van der Waals surface area contributed by atoms with Crippen molar-refractivity contribution in [3.05, 3.63) is 29.6 Å². The number of aliphatic hydroxyl groups is 1. The molecule has 0 aliphatic heterocycles. The molecule has 17 heavy (non-hydrogen) atoms. The molecule has 0 heterocycles. The molecule has 1 unspecified atom stereocenters. The highest BCUT2D eigenvalue weighted by molar-refractivity contribution is 5.35. The molecule has 1 aliphatic rings. The van der Waals surface area contributed by atoms with Crippen LogP contribution in [0.15, 0.2) is 18.2 Å². The van der Waals surface area contributed by atoms with Crippen molar-refractivity contribution < 1.29 is 19.0 Å². The van der Waals surface area contributed by atoms with Crippen molar-refractivity contribution in [3.8, 4) is 5.75 Å². The maximum absolute atomic E-state index is 13.0. The van der Waals surface area contributed by atoms with E-state index in [1.165, 1.54) is 31.0 Å². The first kappa shape index (κ1) is 12.3. The van der Waals surface area contributed by atoms with Crippen LogP contribution in [0.5, 0.6) is 5.75 Å². The first-order valence-electron chi connectivity index (χ1n) is 5.85. The Labute approximate surface area is 100 Å². The van der Waals surface area contributed by atoms with Crippen LogP contribution in [-0.2, 0) is 4.74 Å². The predicted molar refractivity (Wildman–Crippen MR) is 61.2 cm³/mol. The van der Waals surface area contributed by atoms with Crippen LogP contribution in [-0.4, -0.2) is 18.5 Å². The average Bonchev–Trinajstić information content (AvgIpc) is 3.09. The quantitative estimate of drug-likeness (QED) is 0.613. The van der Waals surface area contributed by atoms with Crippen molar-refractivity contribution in [1.82, 2.24) is 0 Å². The van der Waals surface area contributed by atoms with Gasteiger partial charge in [-0.2, -0.15) is 0 Å². The molecule has 0 spiro atoms. The van der Waals surface area contributed by atoms with Gasteiger partial charge < -0.3 is 14.6 Å². The summed E-state index contributed by atoms with van der Waals surface area (Å²) in [5.41, 5.74) is 0.444. The molecule has 0 bridgehead atoms. The molecule has 0 amide bonds. The highest BCUT2D eigenvalue weighted by atomic mass is 19.1. The summed E-state index contributed by atoms with van der Waals surface area (Å²) < 4.78 is 23.7. The van der Waals surface area contributed by atoms with Gasteiger partial charge >= 0.3 is 0 Å². The number of ether oxygens (including phenoxy) is 2. The smallest absolute Gasteiger partial charge is 0.189 e. The zero-order chi connectivity index (χ0) is 12.3. The van der Waals surface area contributed by atoms with Crippen molar-refractivity contribution in [2.24, 2.45) is 5.92 Å². The van der Waals surface area contributed by atoms with Gasteiger partial charge in [0, 0.05) is 5.56 Å². The lowest BCUT2D eigenvalue weighted by Crippen LogP contribution is -2.07. The molecule has 94 valence electrons. The van der Waals surface area contributed by atoms with Gasteiger partial charge in [-0.05, 0) is 43.9 Å². The van der Waals surface area contributed by atoms with E-state index in [0.717, 1.165) is 0 Å². The molecule has 1 saturated carbocycles. The van der Waals surface area contributed by atoms with Crippen LogP contribution in [0.3, 0.4) is 0 Å². The Morgan fingerprint density at radius 2 is 2.24 bits per heavy atom. The normalized spacial score (nSPS) is 16.9. The highest BCUT2D eigenvalue weighted by Crippen LogP contribution is 2.29. The molecule has 1 aromatic carbocycles. The Kier molecular flexibility index (Phi) is 3.97. The second-order valence-electron chi connectivity index (χ2n) is 4.43. The van der Waals surface area contributed by atoms with Gasteiger partial charge in [0.2, 0.25) is 0 Å². The topological polar surface area (TPSA) is 38.7 Å². The van der Waals surface area contributed by atoms with E-state index in [2.05, 4.69) is 0 Å². The monoisotopic (exact) mass is 240 g/mol. The van der Waals surface area contributed by atoms with E-state index in [9.17, 15) is 9.50 Å². The zero-order valence-corrected chi connectivity index (χ0v) is 9.86. The molecule has 0 aromatic heterocycles. The maximum Gasteiger partial charge on any atom is 0.189 e. The van der Waals surface area contributed by atoms with Crippen LogP contribution < -0.4 is 4.74 Å². The van der Waals surface area contributed by atoms with Crippen LogP contribution in [0.25, 0.3) is 0 Å². The molecule has 2 rings (SSSR count). The van der Waals surface area contributed by atoms with E-state index in [-0.39, 0.29) is 12.6 Å². The fraction of sp³-hybridized carbons (Fsp3) is 0.538. The Bertz CT molecular complexity index is 375. The van der Waals surface area contributed by atoms with E-state index in [1.54, 1.807) is 6.92 Å². The molecule has 1 fully saturated rings. The molecule has 3 nitrogen and oxygen atoms in total. The van der Waals surface area contributed by atoms with Crippen LogP contribution in [0.2, 0.25) is 0 Å². The number of hydrogen-bond acceptors (Lipinski definition) is 3. The molecule has 1 atom stereocenters. The third kappa shape index (κ3) is 3.68. The summed E-state index contributed by atoms with van der Waals surface area (Å²) in [4.78, 5) is 0. The molecule has 0 radical (unpaired) electrons. The average molecular weight is 240 g/mol. The van der Waals surface area contributed by atoms with Crippen LogP contribution in [0.1, 0.15) is 31.4 Å². The van der Waals surface area contributed by atoms with E-state index < -0.39 is 6.10 Å². The van der Waals surface area contributed by atoms with E-state index in [4.69, 9.17) is 9.47 Å². The Balaban J connectivity index is 1.89. The second kappa shape index (κ2) is 5.47.